The van der Waals surface area contributed by atoms with E-state index in [1.165, 1.54) is 0 Å². The van der Waals surface area contributed by atoms with Crippen LogP contribution in [-0.2, 0) is 4.74 Å². The van der Waals surface area contributed by atoms with E-state index in [1.54, 1.807) is 7.11 Å². The molecule has 0 fully saturated rings. The smallest absolute Gasteiger partial charge is 0.0587 e. The molecule has 0 radical (unpaired) electrons. The van der Waals surface area contributed by atoms with Gasteiger partial charge in [-0.2, -0.15) is 0 Å². The van der Waals surface area contributed by atoms with Gasteiger partial charge in [-0.1, -0.05) is 6.92 Å². The van der Waals surface area contributed by atoms with E-state index in [2.05, 4.69) is 12.2 Å². The molecule has 0 aromatic carbocycles. The van der Waals surface area contributed by atoms with Gasteiger partial charge in [0.15, 0.2) is 0 Å². The summed E-state index contributed by atoms with van der Waals surface area (Å²) in [6.45, 7) is 3.77. The summed E-state index contributed by atoms with van der Waals surface area (Å²) in [7, 11) is 1.70. The minimum Gasteiger partial charge on any atom is -0.383 e. The fourth-order valence-corrected chi connectivity index (χ4v) is 1.00. The van der Waals surface area contributed by atoms with Gasteiger partial charge in [-0.3, -0.25) is 0 Å². The highest BCUT2D eigenvalue weighted by molar-refractivity contribution is 6.18. The zero-order valence-electron chi connectivity index (χ0n) is 6.69. The number of rotatable bonds is 6. The summed E-state index contributed by atoms with van der Waals surface area (Å²) in [5, 5.41) is 3.26. The predicted molar refractivity (Wildman–Crippen MR) is 44.7 cm³/mol. The van der Waals surface area contributed by atoms with Gasteiger partial charge >= 0.3 is 0 Å². The van der Waals surface area contributed by atoms with Crippen molar-refractivity contribution in [2.24, 2.45) is 0 Å². The van der Waals surface area contributed by atoms with E-state index < -0.39 is 0 Å². The van der Waals surface area contributed by atoms with Gasteiger partial charge in [-0.05, 0) is 6.42 Å². The Kier molecular flexibility index (Phi) is 7.47. The summed E-state index contributed by atoms with van der Waals surface area (Å²) in [6.07, 6.45) is 1.08. The van der Waals surface area contributed by atoms with E-state index in [9.17, 15) is 0 Å². The maximum absolute atomic E-state index is 5.64. The first kappa shape index (κ1) is 10.2. The highest BCUT2D eigenvalue weighted by Crippen LogP contribution is 1.92. The van der Waals surface area contributed by atoms with E-state index in [4.69, 9.17) is 16.3 Å². The number of hydrogen-bond donors (Lipinski definition) is 1. The molecular weight excluding hydrogens is 150 g/mol. The molecule has 1 N–H and O–H groups in total. The molecule has 0 heterocycles. The summed E-state index contributed by atoms with van der Waals surface area (Å²) < 4.78 is 4.88. The first-order valence-corrected chi connectivity index (χ1v) is 4.16. The minimum atomic E-state index is 0.441. The number of methoxy groups -OCH3 is 1. The second-order valence-electron chi connectivity index (χ2n) is 2.21. The molecule has 0 saturated heterocycles. The van der Waals surface area contributed by atoms with Gasteiger partial charge in [-0.25, -0.2) is 0 Å². The number of nitrogens with one attached hydrogen (secondary N) is 1. The Morgan fingerprint density at radius 2 is 2.30 bits per heavy atom. The van der Waals surface area contributed by atoms with Gasteiger partial charge in [0.25, 0.3) is 0 Å². The Morgan fingerprint density at radius 3 is 2.70 bits per heavy atom. The average molecular weight is 166 g/mol. The molecule has 0 aliphatic rings. The van der Waals surface area contributed by atoms with Crippen LogP contribution in [0, 0.1) is 0 Å². The topological polar surface area (TPSA) is 21.3 Å². The van der Waals surface area contributed by atoms with E-state index in [1.807, 2.05) is 0 Å². The maximum Gasteiger partial charge on any atom is 0.0587 e. The first-order valence-electron chi connectivity index (χ1n) is 3.63. The van der Waals surface area contributed by atoms with Crippen molar-refractivity contribution in [1.29, 1.82) is 0 Å². The van der Waals surface area contributed by atoms with E-state index in [0.29, 0.717) is 11.9 Å². The van der Waals surface area contributed by atoms with Gasteiger partial charge in [0.1, 0.15) is 0 Å². The van der Waals surface area contributed by atoms with Crippen LogP contribution in [0.2, 0.25) is 0 Å². The van der Waals surface area contributed by atoms with Crippen LogP contribution in [0.15, 0.2) is 0 Å². The average Bonchev–Trinajstić information content (AvgIpc) is 1.99. The number of halogens is 1. The molecule has 0 spiro atoms. The second-order valence-corrected chi connectivity index (χ2v) is 2.52. The molecule has 0 aliphatic carbocycles. The van der Waals surface area contributed by atoms with Crippen LogP contribution >= 0.6 is 11.6 Å². The van der Waals surface area contributed by atoms with Crippen LogP contribution in [0.4, 0.5) is 0 Å². The summed E-state index contributed by atoms with van der Waals surface area (Å²) in [4.78, 5) is 0. The Balaban J connectivity index is 3.09. The predicted octanol–water partition coefficient (Wildman–Crippen LogP) is 1.24. The molecule has 3 heteroatoms. The van der Waals surface area contributed by atoms with Crippen molar-refractivity contribution >= 4 is 11.6 Å². The molecule has 1 atom stereocenters. The lowest BCUT2D eigenvalue weighted by Crippen LogP contribution is -2.32. The van der Waals surface area contributed by atoms with Crippen LogP contribution in [0.25, 0.3) is 0 Å². The molecule has 10 heavy (non-hydrogen) atoms. The van der Waals surface area contributed by atoms with Crippen molar-refractivity contribution in [1.82, 2.24) is 5.32 Å². The third-order valence-corrected chi connectivity index (χ3v) is 1.79. The molecule has 0 rings (SSSR count). The van der Waals surface area contributed by atoms with Crippen LogP contribution < -0.4 is 5.32 Å². The summed E-state index contributed by atoms with van der Waals surface area (Å²) in [5.74, 6) is 0.681. The summed E-state index contributed by atoms with van der Waals surface area (Å²) in [5.41, 5.74) is 0. The van der Waals surface area contributed by atoms with Gasteiger partial charge < -0.3 is 10.1 Å². The van der Waals surface area contributed by atoms with Crippen molar-refractivity contribution in [3.63, 3.8) is 0 Å². The van der Waals surface area contributed by atoms with Gasteiger partial charge in [0.2, 0.25) is 0 Å². The Morgan fingerprint density at radius 1 is 1.60 bits per heavy atom. The van der Waals surface area contributed by atoms with E-state index >= 15 is 0 Å². The lowest BCUT2D eigenvalue weighted by molar-refractivity contribution is 0.196. The van der Waals surface area contributed by atoms with Gasteiger partial charge in [-0.15, -0.1) is 11.6 Å². The Labute approximate surface area is 67.9 Å². The standard InChI is InChI=1S/C7H16ClNO/c1-3-7(6-8)9-4-5-10-2/h7,9H,3-6H2,1-2H3. The zero-order valence-corrected chi connectivity index (χ0v) is 7.45. The largest absolute Gasteiger partial charge is 0.383 e. The summed E-state index contributed by atoms with van der Waals surface area (Å²) >= 11 is 5.64. The third kappa shape index (κ3) is 5.03. The van der Waals surface area contributed by atoms with Crippen LogP contribution in [0.3, 0.4) is 0 Å². The van der Waals surface area contributed by atoms with Crippen molar-refractivity contribution < 1.29 is 4.74 Å². The Hall–Kier alpha value is 0.210. The summed E-state index contributed by atoms with van der Waals surface area (Å²) in [6, 6.07) is 0.441. The lowest BCUT2D eigenvalue weighted by Gasteiger charge is -2.12. The van der Waals surface area contributed by atoms with Crippen LogP contribution in [0.1, 0.15) is 13.3 Å². The molecule has 0 aromatic heterocycles. The fraction of sp³-hybridized carbons (Fsp3) is 1.00. The van der Waals surface area contributed by atoms with Crippen molar-refractivity contribution in [2.45, 2.75) is 19.4 Å². The molecule has 0 aliphatic heterocycles. The first-order chi connectivity index (χ1) is 4.85. The van der Waals surface area contributed by atoms with Crippen molar-refractivity contribution in [2.75, 3.05) is 26.1 Å². The Bertz CT molecular complexity index is 66.6. The van der Waals surface area contributed by atoms with Crippen LogP contribution in [0.5, 0.6) is 0 Å². The number of hydrogen-bond acceptors (Lipinski definition) is 2. The lowest BCUT2D eigenvalue weighted by atomic mass is 10.2. The highest BCUT2D eigenvalue weighted by Gasteiger charge is 2.00. The molecule has 62 valence electrons. The normalized spacial score (nSPS) is 13.5. The van der Waals surface area contributed by atoms with E-state index in [0.717, 1.165) is 19.6 Å². The SMILES string of the molecule is CCC(CCl)NCCOC. The van der Waals surface area contributed by atoms with Crippen LogP contribution in [-0.4, -0.2) is 32.2 Å². The zero-order chi connectivity index (χ0) is 7.82. The monoisotopic (exact) mass is 165 g/mol. The molecule has 0 amide bonds. The third-order valence-electron chi connectivity index (χ3n) is 1.42. The van der Waals surface area contributed by atoms with Gasteiger partial charge in [0.05, 0.1) is 6.61 Å². The van der Waals surface area contributed by atoms with Crippen molar-refractivity contribution in [3.05, 3.63) is 0 Å². The molecule has 1 unspecified atom stereocenters. The molecule has 0 bridgehead atoms. The maximum atomic E-state index is 5.64. The minimum absolute atomic E-state index is 0.441. The molecule has 0 aromatic rings. The van der Waals surface area contributed by atoms with E-state index in [-0.39, 0.29) is 0 Å². The van der Waals surface area contributed by atoms with Gasteiger partial charge in [0, 0.05) is 25.6 Å². The second kappa shape index (κ2) is 7.32. The molecule has 0 saturated carbocycles. The highest BCUT2D eigenvalue weighted by atomic mass is 35.5. The van der Waals surface area contributed by atoms with Crippen molar-refractivity contribution in [3.8, 4) is 0 Å². The number of ether oxygens (including phenoxy) is 1. The number of alkyl halides is 1. The molecular formula is C7H16ClNO. The molecule has 2 nitrogen and oxygen atoms in total. The fourth-order valence-electron chi connectivity index (χ4n) is 0.673. The quantitative estimate of drug-likeness (QED) is 0.473.